The first-order chi connectivity index (χ1) is 13.2. The number of carbonyl (C=O) groups is 1. The van der Waals surface area contributed by atoms with Crippen LogP contribution in [-0.4, -0.2) is 26.8 Å². The van der Waals surface area contributed by atoms with Crippen molar-refractivity contribution in [1.82, 2.24) is 19.7 Å². The molecule has 0 radical (unpaired) electrons. The Morgan fingerprint density at radius 1 is 1.41 bits per heavy atom. The van der Waals surface area contributed by atoms with Crippen molar-refractivity contribution in [2.24, 2.45) is 5.92 Å². The summed E-state index contributed by atoms with van der Waals surface area (Å²) in [5.41, 5.74) is 1.79. The zero-order chi connectivity index (χ0) is 18.8. The Morgan fingerprint density at radius 3 is 2.93 bits per heavy atom. The summed E-state index contributed by atoms with van der Waals surface area (Å²) in [5.74, 6) is 1.77. The van der Waals surface area contributed by atoms with Crippen molar-refractivity contribution in [3.8, 4) is 6.07 Å². The Balaban J connectivity index is 1.39. The fraction of sp³-hybridized carbons (Fsp3) is 0.400. The molecule has 1 saturated carbocycles. The summed E-state index contributed by atoms with van der Waals surface area (Å²) in [7, 11) is 0. The van der Waals surface area contributed by atoms with Gasteiger partial charge in [-0.25, -0.2) is 9.97 Å². The molecule has 7 nitrogen and oxygen atoms in total. The predicted molar refractivity (Wildman–Crippen MR) is 98.2 cm³/mol. The Labute approximate surface area is 157 Å². The molecule has 3 aromatic rings. The van der Waals surface area contributed by atoms with Crippen LogP contribution in [-0.2, 0) is 0 Å². The van der Waals surface area contributed by atoms with Gasteiger partial charge in [-0.2, -0.15) is 5.26 Å². The molecule has 1 fully saturated rings. The van der Waals surface area contributed by atoms with Crippen LogP contribution in [0.2, 0.25) is 0 Å². The third-order valence-corrected chi connectivity index (χ3v) is 5.30. The summed E-state index contributed by atoms with van der Waals surface area (Å²) in [5, 5.41) is 12.2. The van der Waals surface area contributed by atoms with Gasteiger partial charge in [0.2, 0.25) is 0 Å². The van der Waals surface area contributed by atoms with Crippen molar-refractivity contribution < 1.29 is 9.21 Å². The molecule has 138 valence electrons. The molecule has 0 aliphatic heterocycles. The maximum Gasteiger partial charge on any atom is 0.273 e. The topological polar surface area (TPSA) is 96.2 Å². The third kappa shape index (κ3) is 3.43. The second-order valence-corrected chi connectivity index (χ2v) is 7.12. The Bertz CT molecular complexity index is 991. The van der Waals surface area contributed by atoms with E-state index in [1.807, 2.05) is 12.1 Å². The molecule has 0 unspecified atom stereocenters. The average Bonchev–Trinajstić information content (AvgIpc) is 3.36. The smallest absolute Gasteiger partial charge is 0.273 e. The van der Waals surface area contributed by atoms with Gasteiger partial charge in [-0.15, -0.1) is 0 Å². The quantitative estimate of drug-likeness (QED) is 0.768. The molecular formula is C20H21N5O2. The number of rotatable bonds is 4. The van der Waals surface area contributed by atoms with Gasteiger partial charge in [0, 0.05) is 18.2 Å². The van der Waals surface area contributed by atoms with Crippen LogP contribution in [0.25, 0.3) is 5.65 Å². The number of fused-ring (bicyclic) bond motifs is 1. The minimum atomic E-state index is -0.243. The van der Waals surface area contributed by atoms with Gasteiger partial charge < -0.3 is 9.73 Å². The number of aromatic nitrogens is 3. The van der Waals surface area contributed by atoms with E-state index in [0.29, 0.717) is 35.4 Å². The van der Waals surface area contributed by atoms with E-state index in [9.17, 15) is 10.1 Å². The summed E-state index contributed by atoms with van der Waals surface area (Å²) in [6.07, 6.45) is 7.48. The van der Waals surface area contributed by atoms with E-state index in [0.717, 1.165) is 31.4 Å². The second kappa shape index (κ2) is 7.23. The molecule has 0 bridgehead atoms. The van der Waals surface area contributed by atoms with E-state index in [1.165, 1.54) is 6.33 Å². The molecule has 0 spiro atoms. The van der Waals surface area contributed by atoms with Gasteiger partial charge in [-0.1, -0.05) is 0 Å². The maximum absolute atomic E-state index is 12.6. The normalized spacial score (nSPS) is 19.7. The lowest BCUT2D eigenvalue weighted by molar-refractivity contribution is 0.0939. The molecule has 7 heteroatoms. The minimum absolute atomic E-state index is 0.243. The Hall–Kier alpha value is -3.14. The van der Waals surface area contributed by atoms with Gasteiger partial charge in [-0.05, 0) is 56.7 Å². The van der Waals surface area contributed by atoms with E-state index in [4.69, 9.17) is 4.42 Å². The summed E-state index contributed by atoms with van der Waals surface area (Å²) in [6, 6.07) is 7.76. The molecular weight excluding hydrogens is 342 g/mol. The highest BCUT2D eigenvalue weighted by molar-refractivity contribution is 5.98. The highest BCUT2D eigenvalue weighted by Crippen LogP contribution is 2.35. The van der Waals surface area contributed by atoms with Gasteiger partial charge in [0.05, 0.1) is 6.26 Å². The highest BCUT2D eigenvalue weighted by atomic mass is 16.3. The van der Waals surface area contributed by atoms with Crippen molar-refractivity contribution in [3.05, 3.63) is 53.6 Å². The summed E-state index contributed by atoms with van der Waals surface area (Å²) in [6.45, 7) is 2.42. The van der Waals surface area contributed by atoms with Crippen LogP contribution in [0.4, 0.5) is 0 Å². The number of nitrogens with zero attached hydrogens (tertiary/aromatic N) is 4. The lowest BCUT2D eigenvalue weighted by Gasteiger charge is -2.27. The molecule has 0 saturated heterocycles. The molecule has 0 aromatic carbocycles. The maximum atomic E-state index is 12.6. The monoisotopic (exact) mass is 363 g/mol. The molecule has 1 aliphatic carbocycles. The Kier molecular flexibility index (Phi) is 4.63. The minimum Gasteiger partial charge on any atom is -0.469 e. The molecule has 3 aromatic heterocycles. The summed E-state index contributed by atoms with van der Waals surface area (Å²) < 4.78 is 7.07. The van der Waals surface area contributed by atoms with Crippen LogP contribution < -0.4 is 5.32 Å². The van der Waals surface area contributed by atoms with Crippen LogP contribution in [0, 0.1) is 24.2 Å². The van der Waals surface area contributed by atoms with Crippen molar-refractivity contribution in [1.29, 1.82) is 5.26 Å². The van der Waals surface area contributed by atoms with Crippen LogP contribution in [0.5, 0.6) is 0 Å². The summed E-state index contributed by atoms with van der Waals surface area (Å²) >= 11 is 0. The molecule has 1 amide bonds. The number of nitriles is 1. The molecule has 0 atom stereocenters. The van der Waals surface area contributed by atoms with E-state index in [1.54, 1.807) is 23.7 Å². The molecule has 4 rings (SSSR count). The van der Waals surface area contributed by atoms with Crippen LogP contribution >= 0.6 is 0 Å². The molecule has 3 heterocycles. The van der Waals surface area contributed by atoms with Crippen molar-refractivity contribution in [3.63, 3.8) is 0 Å². The van der Waals surface area contributed by atoms with Gasteiger partial charge >= 0.3 is 0 Å². The number of hydrogen-bond acceptors (Lipinski definition) is 5. The van der Waals surface area contributed by atoms with Gasteiger partial charge in [0.1, 0.15) is 23.9 Å². The lowest BCUT2D eigenvalue weighted by atomic mass is 9.81. The largest absolute Gasteiger partial charge is 0.469 e. The first kappa shape index (κ1) is 17.3. The van der Waals surface area contributed by atoms with Crippen molar-refractivity contribution in [2.45, 2.75) is 38.5 Å². The molecule has 1 N–H and O–H groups in total. The number of nitrogens with one attached hydrogen (secondary N) is 1. The van der Waals surface area contributed by atoms with Gasteiger partial charge in [0.15, 0.2) is 11.3 Å². The van der Waals surface area contributed by atoms with E-state index in [2.05, 4.69) is 21.4 Å². The van der Waals surface area contributed by atoms with Crippen LogP contribution in [0.3, 0.4) is 0 Å². The number of aryl methyl sites for hydroxylation is 1. The zero-order valence-electron chi connectivity index (χ0n) is 15.2. The molecule has 1 aliphatic rings. The number of hydrogen-bond donors (Lipinski definition) is 1. The van der Waals surface area contributed by atoms with Gasteiger partial charge in [0.25, 0.3) is 5.91 Å². The third-order valence-electron chi connectivity index (χ3n) is 5.30. The second-order valence-electron chi connectivity index (χ2n) is 7.12. The predicted octanol–water partition coefficient (Wildman–Crippen LogP) is 3.21. The van der Waals surface area contributed by atoms with Gasteiger partial charge in [-0.3, -0.25) is 9.20 Å². The fourth-order valence-electron chi connectivity index (χ4n) is 3.83. The first-order valence-electron chi connectivity index (χ1n) is 9.22. The van der Waals surface area contributed by atoms with E-state index < -0.39 is 0 Å². The van der Waals surface area contributed by atoms with E-state index >= 15 is 0 Å². The number of carbonyl (C=O) groups excluding carboxylic acids is 1. The van der Waals surface area contributed by atoms with Crippen LogP contribution in [0.15, 0.2) is 35.2 Å². The summed E-state index contributed by atoms with van der Waals surface area (Å²) in [4.78, 5) is 21.2. The number of amides is 1. The standard InChI is InChI=1S/C20H21N5O2/c1-13-9-16(10-21)25-12-23-18(19(25)24-13)20(26)22-11-14-4-6-15(7-5-14)17-3-2-8-27-17/h2-3,8-9,12,14-15H,4-7,11H2,1H3,(H,22,26). The van der Waals surface area contributed by atoms with Crippen molar-refractivity contribution in [2.75, 3.05) is 6.54 Å². The average molecular weight is 363 g/mol. The molecule has 27 heavy (non-hydrogen) atoms. The lowest BCUT2D eigenvalue weighted by Crippen LogP contribution is -2.31. The SMILES string of the molecule is Cc1cc(C#N)n2cnc(C(=O)NCC3CCC(c4ccco4)CC3)c2n1. The first-order valence-corrected chi connectivity index (χ1v) is 9.22. The van der Waals surface area contributed by atoms with E-state index in [-0.39, 0.29) is 11.6 Å². The zero-order valence-corrected chi connectivity index (χ0v) is 15.2. The fourth-order valence-corrected chi connectivity index (χ4v) is 3.83. The number of imidazole rings is 1. The Morgan fingerprint density at radius 2 is 2.22 bits per heavy atom. The highest BCUT2D eigenvalue weighted by Gasteiger charge is 2.25. The number of furan rings is 1. The van der Waals surface area contributed by atoms with Crippen LogP contribution in [0.1, 0.15) is 59.2 Å². The van der Waals surface area contributed by atoms with Crippen molar-refractivity contribution >= 4 is 11.6 Å².